The molecule has 5 aromatic rings. The number of nitrogens with one attached hydrogen (secondary N) is 2. The lowest BCUT2D eigenvalue weighted by atomic mass is 9.89. The van der Waals surface area contributed by atoms with Gasteiger partial charge in [0.25, 0.3) is 12.3 Å². The van der Waals surface area contributed by atoms with Gasteiger partial charge in [0.1, 0.15) is 23.3 Å². The van der Waals surface area contributed by atoms with Gasteiger partial charge in [0.2, 0.25) is 17.7 Å². The van der Waals surface area contributed by atoms with Gasteiger partial charge >= 0.3 is 0 Å². The van der Waals surface area contributed by atoms with Crippen LogP contribution in [0, 0.1) is 5.92 Å². The summed E-state index contributed by atoms with van der Waals surface area (Å²) in [4.78, 5) is 67.2. The second-order valence-electron chi connectivity index (χ2n) is 17.7. The number of carbonyl (C=O) groups is 4. The first kappa shape index (κ1) is 43.8. The average molecular weight is 892 g/mol. The van der Waals surface area contributed by atoms with Crippen molar-refractivity contribution in [2.75, 3.05) is 63.2 Å². The lowest BCUT2D eigenvalue weighted by Crippen LogP contribution is -2.52. The molecule has 2 N–H and O–H groups in total. The number of methoxy groups -OCH3 is 1. The summed E-state index contributed by atoms with van der Waals surface area (Å²) in [6.07, 6.45) is 12.1. The third-order valence-electron chi connectivity index (χ3n) is 13.7. The van der Waals surface area contributed by atoms with Crippen LogP contribution in [0.5, 0.6) is 5.75 Å². The van der Waals surface area contributed by atoms with E-state index in [1.165, 1.54) is 64.9 Å². The fraction of sp³-hybridized carbons (Fsp3) is 0.468. The van der Waals surface area contributed by atoms with Gasteiger partial charge in [0.05, 0.1) is 19.9 Å². The Morgan fingerprint density at radius 3 is 2.48 bits per heavy atom. The van der Waals surface area contributed by atoms with Crippen LogP contribution in [0.1, 0.15) is 91.0 Å². The van der Waals surface area contributed by atoms with Gasteiger partial charge in [0.15, 0.2) is 5.82 Å². The minimum absolute atomic E-state index is 0.0219. The van der Waals surface area contributed by atoms with Crippen molar-refractivity contribution in [3.63, 3.8) is 0 Å². The number of aromatic nitrogens is 5. The Hall–Kier alpha value is -6.43. The normalized spacial score (nSPS) is 19.3. The number of H-pyrrole nitrogens is 1. The topological polar surface area (TPSA) is 165 Å². The van der Waals surface area contributed by atoms with Crippen LogP contribution in [0.2, 0.25) is 0 Å². The van der Waals surface area contributed by atoms with E-state index in [-0.39, 0.29) is 41.2 Å². The van der Waals surface area contributed by atoms with Gasteiger partial charge < -0.3 is 28.7 Å². The number of carbonyl (C=O) groups excluding carboxylic acids is 4. The molecule has 4 aromatic heterocycles. The Balaban J connectivity index is 0.000000165. The maximum atomic E-state index is 14.2. The number of aromatic amines is 1. The number of hydrogen-bond acceptors (Lipinski definition) is 11. The van der Waals surface area contributed by atoms with Crippen LogP contribution < -0.4 is 19.9 Å². The van der Waals surface area contributed by atoms with Gasteiger partial charge in [-0.3, -0.25) is 34.5 Å². The molecule has 0 bridgehead atoms. The Labute approximate surface area is 375 Å². The first-order valence-corrected chi connectivity index (χ1v) is 22.5. The van der Waals surface area contributed by atoms with Gasteiger partial charge in [0, 0.05) is 130 Å². The summed E-state index contributed by atoms with van der Waals surface area (Å²) in [5, 5.41) is 9.76. The van der Waals surface area contributed by atoms with Gasteiger partial charge in [-0.05, 0) is 61.1 Å². The maximum Gasteiger partial charge on any atom is 0.264 e. The number of imidazole rings is 1. The number of rotatable bonds is 9. The third-order valence-corrected chi connectivity index (χ3v) is 13.7. The van der Waals surface area contributed by atoms with E-state index in [1.54, 1.807) is 50.8 Å². The molecule has 16 nitrogen and oxygen atoms in total. The molecular weight excluding hydrogens is 837 g/mol. The van der Waals surface area contributed by atoms with Crippen LogP contribution in [0.4, 0.5) is 26.1 Å². The number of hydrogen-bond donors (Lipinski definition) is 2. The van der Waals surface area contributed by atoms with E-state index in [4.69, 9.17) is 4.74 Å². The highest BCUT2D eigenvalue weighted by Gasteiger charge is 2.39. The molecule has 1 unspecified atom stereocenters. The number of piperidine rings is 1. The fourth-order valence-corrected chi connectivity index (χ4v) is 9.98. The van der Waals surface area contributed by atoms with E-state index < -0.39 is 12.5 Å². The van der Waals surface area contributed by atoms with Crippen molar-refractivity contribution in [3.8, 4) is 16.9 Å². The van der Waals surface area contributed by atoms with E-state index >= 15 is 0 Å². The van der Waals surface area contributed by atoms with Crippen molar-refractivity contribution in [1.82, 2.24) is 44.6 Å². The number of fused-ring (bicyclic) bond motifs is 3. The minimum atomic E-state index is -2.74. The molecule has 8 heterocycles. The fourth-order valence-electron chi connectivity index (χ4n) is 9.98. The highest BCUT2D eigenvalue weighted by Crippen LogP contribution is 2.40. The summed E-state index contributed by atoms with van der Waals surface area (Å²) in [6.45, 7) is 8.43. The average Bonchev–Trinajstić information content (AvgIpc) is 4.05. The summed E-state index contributed by atoms with van der Waals surface area (Å²) < 4.78 is 35.7. The molecule has 0 spiro atoms. The van der Waals surface area contributed by atoms with Crippen molar-refractivity contribution in [3.05, 3.63) is 83.1 Å². The van der Waals surface area contributed by atoms with E-state index in [2.05, 4.69) is 41.3 Å². The summed E-state index contributed by atoms with van der Waals surface area (Å²) in [5.41, 5.74) is 5.79. The van der Waals surface area contributed by atoms with Crippen LogP contribution in [0.25, 0.3) is 16.8 Å². The van der Waals surface area contributed by atoms with E-state index in [0.717, 1.165) is 54.6 Å². The number of alkyl halides is 2. The molecule has 1 saturated carbocycles. The zero-order chi connectivity index (χ0) is 45.4. The monoisotopic (exact) mass is 891 g/mol. The van der Waals surface area contributed by atoms with Gasteiger partial charge in [-0.15, -0.1) is 0 Å². The van der Waals surface area contributed by atoms with Crippen LogP contribution >= 0.6 is 0 Å². The summed E-state index contributed by atoms with van der Waals surface area (Å²) in [5.74, 6) is 1.44. The Bertz CT molecular complexity index is 2600. The molecule has 4 aliphatic heterocycles. The SMILES string of the molecule is COc1cn2ccnc2cc1-c1cnc(N(C)c2n[nH]c3c2CN(C(C)=O)CC3)cc1C(F)F.O=C1CCC(N2Cc3cc(N4CCN(CC5CCCCC5)CC4)ccc3C2=O)C(=O)N1. The zero-order valence-corrected chi connectivity index (χ0v) is 37.1. The third kappa shape index (κ3) is 9.00. The lowest BCUT2D eigenvalue weighted by Gasteiger charge is -2.38. The number of imide groups is 1. The van der Waals surface area contributed by atoms with E-state index in [9.17, 15) is 28.0 Å². The molecule has 1 aliphatic carbocycles. The lowest BCUT2D eigenvalue weighted by molar-refractivity contribution is -0.137. The Morgan fingerprint density at radius 2 is 1.74 bits per heavy atom. The van der Waals surface area contributed by atoms with E-state index in [0.29, 0.717) is 66.6 Å². The summed E-state index contributed by atoms with van der Waals surface area (Å²) >= 11 is 0. The zero-order valence-electron chi connectivity index (χ0n) is 37.1. The van der Waals surface area contributed by atoms with Gasteiger partial charge in [-0.25, -0.2) is 18.7 Å². The van der Waals surface area contributed by atoms with Crippen molar-refractivity contribution >= 4 is 46.6 Å². The number of pyridine rings is 2. The van der Waals surface area contributed by atoms with Crippen molar-refractivity contribution in [1.29, 1.82) is 0 Å². The predicted molar refractivity (Wildman–Crippen MR) is 239 cm³/mol. The van der Waals surface area contributed by atoms with Gasteiger partial charge in [-0.1, -0.05) is 19.3 Å². The molecule has 3 fully saturated rings. The smallest absolute Gasteiger partial charge is 0.264 e. The first-order valence-electron chi connectivity index (χ1n) is 22.5. The second-order valence-corrected chi connectivity index (χ2v) is 17.7. The standard InChI is InChI=1S/C24H32N4O3.C23H23F2N7O2/c29-22-9-8-21(23(30)25-22)28-16-18-14-19(6-7-20(18)24(28)31)27-12-10-26(11-13-27)15-17-4-2-1-3-5-17;1-13(33)31-6-4-18-17(11-31)23(29-28-18)30(2)20-9-15(22(24)25)16(10-27-20)14-8-21-26-5-7-32(21)12-19(14)34-3/h6-7,14,17,21H,1-5,8-13,15-16H2,(H,25,29,30);5,7-10,12,22H,4,6,11H2,1-3H3,(H,28,29). The number of piperazine rings is 1. The van der Waals surface area contributed by atoms with Crippen molar-refractivity contribution in [2.45, 2.75) is 83.8 Å². The molecule has 10 rings (SSSR count). The Morgan fingerprint density at radius 1 is 0.938 bits per heavy atom. The Kier molecular flexibility index (Phi) is 12.5. The number of anilines is 3. The van der Waals surface area contributed by atoms with Crippen LogP contribution in [-0.2, 0) is 33.9 Å². The molecule has 2 saturated heterocycles. The summed E-state index contributed by atoms with van der Waals surface area (Å²) in [7, 11) is 3.21. The molecule has 18 heteroatoms. The second kappa shape index (κ2) is 18.6. The highest BCUT2D eigenvalue weighted by atomic mass is 19.3. The molecule has 0 radical (unpaired) electrons. The van der Waals surface area contributed by atoms with Crippen LogP contribution in [0.3, 0.4) is 0 Å². The number of nitrogens with zero attached hydrogens (tertiary/aromatic N) is 9. The van der Waals surface area contributed by atoms with Crippen molar-refractivity contribution < 1.29 is 32.7 Å². The molecule has 5 aliphatic rings. The molecule has 4 amide bonds. The first-order chi connectivity index (χ1) is 31.4. The highest BCUT2D eigenvalue weighted by molar-refractivity contribution is 6.05. The molecule has 1 aromatic carbocycles. The largest absolute Gasteiger partial charge is 0.495 e. The predicted octanol–water partition coefficient (Wildman–Crippen LogP) is 5.89. The van der Waals surface area contributed by atoms with E-state index in [1.807, 2.05) is 12.1 Å². The molecule has 65 heavy (non-hydrogen) atoms. The number of benzene rings is 1. The molecule has 342 valence electrons. The minimum Gasteiger partial charge on any atom is -0.495 e. The number of halogens is 2. The van der Waals surface area contributed by atoms with Crippen molar-refractivity contribution in [2.24, 2.45) is 5.92 Å². The number of ether oxygens (including phenoxy) is 1. The van der Waals surface area contributed by atoms with Crippen LogP contribution in [-0.4, -0.2) is 122 Å². The summed E-state index contributed by atoms with van der Waals surface area (Å²) in [6, 6.07) is 8.59. The maximum absolute atomic E-state index is 14.2. The van der Waals surface area contributed by atoms with Gasteiger partial charge in [-0.2, -0.15) is 5.10 Å². The molecular formula is C47H55F2N11O5. The number of amides is 4. The van der Waals surface area contributed by atoms with Crippen LogP contribution in [0.15, 0.2) is 55.1 Å². The molecule has 1 atom stereocenters. The quantitative estimate of drug-likeness (QED) is 0.170.